The summed E-state index contributed by atoms with van der Waals surface area (Å²) in [6.07, 6.45) is 0.865. The Kier molecular flexibility index (Phi) is 5.73. The summed E-state index contributed by atoms with van der Waals surface area (Å²) in [6.45, 7) is 8.42. The molecule has 2 atom stereocenters. The van der Waals surface area contributed by atoms with Crippen LogP contribution in [0.1, 0.15) is 33.3 Å². The van der Waals surface area contributed by atoms with Crippen molar-refractivity contribution in [1.82, 2.24) is 4.90 Å². The normalized spacial score (nSPS) is 14.3. The SMILES string of the molecule is CC(C)C(C)N(C(=O)S)C(C)Cc1ccccc1. The average Bonchev–Trinajstić information content (AvgIpc) is 2.29. The van der Waals surface area contributed by atoms with Crippen molar-refractivity contribution >= 4 is 17.9 Å². The van der Waals surface area contributed by atoms with Gasteiger partial charge in [0.2, 0.25) is 0 Å². The van der Waals surface area contributed by atoms with Crippen molar-refractivity contribution < 1.29 is 4.79 Å². The Morgan fingerprint density at radius 1 is 1.17 bits per heavy atom. The highest BCUT2D eigenvalue weighted by Gasteiger charge is 2.25. The molecule has 18 heavy (non-hydrogen) atoms. The van der Waals surface area contributed by atoms with E-state index in [-0.39, 0.29) is 17.3 Å². The second kappa shape index (κ2) is 6.83. The maximum absolute atomic E-state index is 11.7. The first-order chi connectivity index (χ1) is 8.43. The third-order valence-electron chi connectivity index (χ3n) is 3.47. The van der Waals surface area contributed by atoms with Crippen molar-refractivity contribution in [2.75, 3.05) is 0 Å². The number of benzene rings is 1. The lowest BCUT2D eigenvalue weighted by atomic mass is 10.0. The van der Waals surface area contributed by atoms with Crippen LogP contribution in [0.25, 0.3) is 0 Å². The molecule has 0 bridgehead atoms. The molecule has 0 saturated heterocycles. The second-order valence-electron chi connectivity index (χ2n) is 5.21. The molecule has 0 radical (unpaired) electrons. The minimum absolute atomic E-state index is 0.139. The Balaban J connectivity index is 2.78. The molecule has 2 nitrogen and oxygen atoms in total. The maximum Gasteiger partial charge on any atom is 0.279 e. The van der Waals surface area contributed by atoms with E-state index >= 15 is 0 Å². The Labute approximate surface area is 116 Å². The summed E-state index contributed by atoms with van der Waals surface area (Å²) in [4.78, 5) is 13.6. The van der Waals surface area contributed by atoms with Crippen molar-refractivity contribution in [3.05, 3.63) is 35.9 Å². The third kappa shape index (κ3) is 4.05. The molecule has 0 saturated carbocycles. The van der Waals surface area contributed by atoms with Crippen molar-refractivity contribution in [2.24, 2.45) is 5.92 Å². The Morgan fingerprint density at radius 3 is 2.17 bits per heavy atom. The quantitative estimate of drug-likeness (QED) is 0.797. The molecule has 1 amide bonds. The van der Waals surface area contributed by atoms with Gasteiger partial charge in [0, 0.05) is 12.1 Å². The smallest absolute Gasteiger partial charge is 0.279 e. The summed E-state index contributed by atoms with van der Waals surface area (Å²) in [5.74, 6) is 0.430. The van der Waals surface area contributed by atoms with E-state index in [9.17, 15) is 4.79 Å². The van der Waals surface area contributed by atoms with Gasteiger partial charge in [-0.15, -0.1) is 0 Å². The highest BCUT2D eigenvalue weighted by Crippen LogP contribution is 2.18. The lowest BCUT2D eigenvalue weighted by Crippen LogP contribution is -2.45. The largest absolute Gasteiger partial charge is 0.328 e. The van der Waals surface area contributed by atoms with Crippen molar-refractivity contribution in [3.8, 4) is 0 Å². The summed E-state index contributed by atoms with van der Waals surface area (Å²) < 4.78 is 0. The number of hydrogen-bond donors (Lipinski definition) is 1. The van der Waals surface area contributed by atoms with Gasteiger partial charge in [-0.3, -0.25) is 4.79 Å². The number of carbonyl (C=O) groups excluding carboxylic acids is 1. The fourth-order valence-corrected chi connectivity index (χ4v) is 2.52. The van der Waals surface area contributed by atoms with Crippen LogP contribution in [0.15, 0.2) is 30.3 Å². The van der Waals surface area contributed by atoms with E-state index in [1.54, 1.807) is 0 Å². The van der Waals surface area contributed by atoms with Gasteiger partial charge < -0.3 is 4.90 Å². The maximum atomic E-state index is 11.7. The van der Waals surface area contributed by atoms with Crippen molar-refractivity contribution in [2.45, 2.75) is 46.2 Å². The zero-order chi connectivity index (χ0) is 13.7. The van der Waals surface area contributed by atoms with E-state index in [4.69, 9.17) is 0 Å². The predicted octanol–water partition coefficient (Wildman–Crippen LogP) is 4.01. The van der Waals surface area contributed by atoms with Crippen LogP contribution in [0.4, 0.5) is 4.79 Å². The van der Waals surface area contributed by atoms with E-state index in [1.807, 2.05) is 23.1 Å². The van der Waals surface area contributed by atoms with E-state index in [0.717, 1.165) is 6.42 Å². The first kappa shape index (κ1) is 15.1. The topological polar surface area (TPSA) is 20.3 Å². The fraction of sp³-hybridized carbons (Fsp3) is 0.533. The summed E-state index contributed by atoms with van der Waals surface area (Å²) in [6, 6.07) is 10.6. The van der Waals surface area contributed by atoms with Gasteiger partial charge in [-0.1, -0.05) is 56.8 Å². The fourth-order valence-electron chi connectivity index (χ4n) is 2.14. The molecule has 0 aliphatic rings. The highest BCUT2D eigenvalue weighted by atomic mass is 32.1. The number of carbonyl (C=O) groups is 1. The van der Waals surface area contributed by atoms with Gasteiger partial charge in [0.05, 0.1) is 0 Å². The highest BCUT2D eigenvalue weighted by molar-refractivity contribution is 7.96. The lowest BCUT2D eigenvalue weighted by molar-refractivity contribution is 0.156. The summed E-state index contributed by atoms with van der Waals surface area (Å²) in [5, 5.41) is -0.139. The minimum atomic E-state index is -0.139. The monoisotopic (exact) mass is 265 g/mol. The molecule has 0 fully saturated rings. The Hall–Kier alpha value is -0.960. The molecule has 0 aliphatic carbocycles. The molecule has 0 aromatic heterocycles. The van der Waals surface area contributed by atoms with Crippen LogP contribution in [-0.4, -0.2) is 22.2 Å². The van der Waals surface area contributed by atoms with Crippen LogP contribution in [0, 0.1) is 5.92 Å². The molecule has 1 rings (SSSR count). The van der Waals surface area contributed by atoms with Gasteiger partial charge in [-0.05, 0) is 31.7 Å². The molecular formula is C15H23NOS. The predicted molar refractivity (Wildman–Crippen MR) is 80.1 cm³/mol. The molecule has 100 valence electrons. The first-order valence-electron chi connectivity index (χ1n) is 6.48. The lowest BCUT2D eigenvalue weighted by Gasteiger charge is -2.35. The van der Waals surface area contributed by atoms with Gasteiger partial charge >= 0.3 is 0 Å². The van der Waals surface area contributed by atoms with E-state index in [1.165, 1.54) is 5.56 Å². The molecule has 3 heteroatoms. The molecule has 0 heterocycles. The molecule has 1 aromatic carbocycles. The zero-order valence-electron chi connectivity index (χ0n) is 11.6. The summed E-state index contributed by atoms with van der Waals surface area (Å²) in [7, 11) is 0. The number of amides is 1. The van der Waals surface area contributed by atoms with Gasteiger partial charge in [0.1, 0.15) is 0 Å². The molecule has 0 aliphatic heterocycles. The number of nitrogens with zero attached hydrogens (tertiary/aromatic N) is 1. The van der Waals surface area contributed by atoms with Crippen LogP contribution in [0.2, 0.25) is 0 Å². The van der Waals surface area contributed by atoms with Gasteiger partial charge in [-0.25, -0.2) is 0 Å². The summed E-state index contributed by atoms with van der Waals surface area (Å²) in [5.41, 5.74) is 1.25. The third-order valence-corrected chi connectivity index (χ3v) is 3.70. The number of rotatable bonds is 5. The van der Waals surface area contributed by atoms with Gasteiger partial charge in [0.25, 0.3) is 5.24 Å². The van der Waals surface area contributed by atoms with Crippen molar-refractivity contribution in [1.29, 1.82) is 0 Å². The number of thiol groups is 1. The first-order valence-corrected chi connectivity index (χ1v) is 6.93. The Bertz CT molecular complexity index is 377. The molecule has 2 unspecified atom stereocenters. The minimum Gasteiger partial charge on any atom is -0.328 e. The van der Waals surface area contributed by atoms with E-state index < -0.39 is 0 Å². The molecular weight excluding hydrogens is 242 g/mol. The van der Waals surface area contributed by atoms with Crippen LogP contribution in [0.3, 0.4) is 0 Å². The summed E-state index contributed by atoms with van der Waals surface area (Å²) >= 11 is 4.02. The van der Waals surface area contributed by atoms with Crippen LogP contribution >= 0.6 is 12.6 Å². The standard InChI is InChI=1S/C15H23NOS/c1-11(2)13(4)16(15(17)18)12(3)10-14-8-6-5-7-9-14/h5-9,11-13H,10H2,1-4H3,(H,17,18). The van der Waals surface area contributed by atoms with E-state index in [2.05, 4.69) is 52.5 Å². The number of hydrogen-bond acceptors (Lipinski definition) is 1. The van der Waals surface area contributed by atoms with Gasteiger partial charge in [-0.2, -0.15) is 0 Å². The van der Waals surface area contributed by atoms with Crippen LogP contribution < -0.4 is 0 Å². The zero-order valence-corrected chi connectivity index (χ0v) is 12.5. The van der Waals surface area contributed by atoms with Crippen LogP contribution in [-0.2, 0) is 6.42 Å². The molecule has 0 spiro atoms. The van der Waals surface area contributed by atoms with Gasteiger partial charge in [0.15, 0.2) is 0 Å². The Morgan fingerprint density at radius 2 is 1.72 bits per heavy atom. The molecule has 0 N–H and O–H groups in total. The average molecular weight is 265 g/mol. The molecule has 1 aromatic rings. The van der Waals surface area contributed by atoms with Crippen molar-refractivity contribution in [3.63, 3.8) is 0 Å². The van der Waals surface area contributed by atoms with Crippen LogP contribution in [0.5, 0.6) is 0 Å². The second-order valence-corrected chi connectivity index (χ2v) is 5.60. The van der Waals surface area contributed by atoms with E-state index in [0.29, 0.717) is 5.92 Å².